The van der Waals surface area contributed by atoms with Gasteiger partial charge in [0, 0.05) is 39.7 Å². The topological polar surface area (TPSA) is 236 Å². The molecule has 2 aliphatic heterocycles. The Morgan fingerprint density at radius 2 is 1.27 bits per heavy atom. The summed E-state index contributed by atoms with van der Waals surface area (Å²) in [6.07, 6.45) is -4.14. The molecule has 0 aromatic rings. The van der Waals surface area contributed by atoms with Gasteiger partial charge in [0.25, 0.3) is 0 Å². The van der Waals surface area contributed by atoms with Crippen molar-refractivity contribution < 1.29 is 70.5 Å². The number of aliphatic hydroxyl groups is 1. The molecule has 198 valence electrons. The van der Waals surface area contributed by atoms with Crippen molar-refractivity contribution in [3.05, 3.63) is 0 Å². The lowest BCUT2D eigenvalue weighted by Gasteiger charge is -2.28. The van der Waals surface area contributed by atoms with Crippen molar-refractivity contribution in [2.75, 3.05) is 53.1 Å². The molecule has 0 aliphatic carbocycles. The minimum absolute atomic E-state index is 0.133. The van der Waals surface area contributed by atoms with Crippen LogP contribution in [0.25, 0.3) is 0 Å². The normalized spacial score (nSPS) is 34.9. The maximum Gasteiger partial charge on any atom is 0.132 e. The fraction of sp³-hybridized carbons (Fsp3) is 1.00. The number of hydrogen-bond acceptors (Lipinski definition) is 15. The monoisotopic (exact) mass is 560 g/mol. The summed E-state index contributed by atoms with van der Waals surface area (Å²) in [5.74, 6) is 0. The fourth-order valence-electron chi connectivity index (χ4n) is 2.73. The molecule has 0 amide bonds. The van der Waals surface area contributed by atoms with Gasteiger partial charge in [0.2, 0.25) is 0 Å². The molecule has 2 aliphatic rings. The lowest BCUT2D eigenvalue weighted by Crippen LogP contribution is -2.36. The lowest BCUT2D eigenvalue weighted by atomic mass is 10.2. The van der Waals surface area contributed by atoms with E-state index < -0.39 is 60.9 Å². The highest BCUT2D eigenvalue weighted by Crippen LogP contribution is 2.40. The maximum absolute atomic E-state index is 11.0. The molecule has 2 heterocycles. The van der Waals surface area contributed by atoms with E-state index in [9.17, 15) is 42.9 Å². The van der Waals surface area contributed by atoms with Crippen molar-refractivity contribution in [3.8, 4) is 0 Å². The van der Waals surface area contributed by atoms with Crippen molar-refractivity contribution >= 4 is 30.4 Å². The number of rotatable bonds is 10. The van der Waals surface area contributed by atoms with Gasteiger partial charge < -0.3 is 70.5 Å². The molecule has 0 spiro atoms. The first kappa shape index (κ1) is 31.5. The van der Waals surface area contributed by atoms with E-state index in [-0.39, 0.29) is 19.8 Å². The molecule has 15 nitrogen and oxygen atoms in total. The molecule has 0 aromatic carbocycles. The lowest BCUT2D eigenvalue weighted by molar-refractivity contribution is -0.207. The van der Waals surface area contributed by atoms with E-state index in [1.54, 1.807) is 0 Å². The van der Waals surface area contributed by atoms with Crippen LogP contribution in [-0.2, 0) is 45.8 Å². The molecule has 1 N–H and O–H groups in total. The molecule has 19 heteroatoms. The zero-order valence-corrected chi connectivity index (χ0v) is 22.0. The smallest absolute Gasteiger partial charge is 0.132 e. The van der Waals surface area contributed by atoms with Crippen LogP contribution < -0.4 is 19.6 Å². The van der Waals surface area contributed by atoms with Gasteiger partial charge in [-0.2, -0.15) is 0 Å². The van der Waals surface area contributed by atoms with E-state index >= 15 is 0 Å². The van der Waals surface area contributed by atoms with Crippen LogP contribution in [0.4, 0.5) is 0 Å². The molecule has 9 atom stereocenters. The second kappa shape index (κ2) is 12.6. The Balaban J connectivity index is 0.000000331. The predicted octanol–water partition coefficient (Wildman–Crippen LogP) is -1.94. The average Bonchev–Trinajstić information content (AvgIpc) is 3.15. The molecule has 2 rings (SSSR count). The van der Waals surface area contributed by atoms with Crippen LogP contribution in [0.15, 0.2) is 0 Å². The average molecular weight is 560 g/mol. The van der Waals surface area contributed by atoms with Gasteiger partial charge in [0.15, 0.2) is 0 Å². The summed E-state index contributed by atoms with van der Waals surface area (Å²) in [5, 5.41) is 9.44. The summed E-state index contributed by atoms with van der Waals surface area (Å²) in [6.45, 7) is 3.22. The first-order valence-corrected chi connectivity index (χ1v) is 17.4. The summed E-state index contributed by atoms with van der Waals surface area (Å²) >= 11 is 0. The molecule has 0 saturated carbocycles. The Morgan fingerprint density at radius 1 is 0.788 bits per heavy atom. The molecular weight excluding hydrogens is 532 g/mol. The van der Waals surface area contributed by atoms with Gasteiger partial charge in [-0.15, -0.1) is 0 Å². The molecular formula is C14H28O15P4-4. The van der Waals surface area contributed by atoms with Crippen LogP contribution in [0.3, 0.4) is 0 Å². The van der Waals surface area contributed by atoms with Crippen molar-refractivity contribution in [3.63, 3.8) is 0 Å². The van der Waals surface area contributed by atoms with Crippen LogP contribution in [0.2, 0.25) is 0 Å². The largest absolute Gasteiger partial charge is 0.779 e. The Labute approximate surface area is 191 Å². The highest BCUT2D eigenvalue weighted by molar-refractivity contribution is 7.51. The van der Waals surface area contributed by atoms with Gasteiger partial charge in [-0.3, -0.25) is 0 Å². The van der Waals surface area contributed by atoms with Crippen molar-refractivity contribution in [2.45, 2.75) is 36.9 Å². The molecule has 2 fully saturated rings. The van der Waals surface area contributed by atoms with Crippen molar-refractivity contribution in [1.82, 2.24) is 0 Å². The standard InChI is InChI=1S/C7H16O8P2.C7H16O7P2/c1-16(9,10)14-4-6-7(5(8)3-13-6)15-17(2,11)12;1-15(8,9)13-5-7-6(3-4-12-7)14-16(2,10)11/h5-8H,3-4H2,1-2H3,(H,9,10)(H,11,12);6-7H,3-5H2,1-2H3,(H,8,9)(H,10,11)/p-4. The van der Waals surface area contributed by atoms with Gasteiger partial charge >= 0.3 is 0 Å². The zero-order valence-electron chi connectivity index (χ0n) is 18.4. The quantitative estimate of drug-likeness (QED) is 0.286. The van der Waals surface area contributed by atoms with Gasteiger partial charge in [0.1, 0.15) is 54.8 Å². The van der Waals surface area contributed by atoms with E-state index in [1.165, 1.54) is 0 Å². The van der Waals surface area contributed by atoms with Gasteiger partial charge in [-0.1, -0.05) is 0 Å². The van der Waals surface area contributed by atoms with E-state index in [0.29, 0.717) is 13.0 Å². The highest BCUT2D eigenvalue weighted by atomic mass is 31.2. The number of ether oxygens (including phenoxy) is 2. The second-order valence-electron chi connectivity index (χ2n) is 7.53. The van der Waals surface area contributed by atoms with Gasteiger partial charge in [-0.25, -0.2) is 0 Å². The van der Waals surface area contributed by atoms with Crippen molar-refractivity contribution in [2.24, 2.45) is 0 Å². The first-order valence-electron chi connectivity index (χ1n) is 9.47. The van der Waals surface area contributed by atoms with Crippen molar-refractivity contribution in [1.29, 1.82) is 0 Å². The van der Waals surface area contributed by atoms with Crippen LogP contribution in [0, 0.1) is 0 Å². The number of aliphatic hydroxyl groups excluding tert-OH is 1. The minimum atomic E-state index is -4.05. The van der Waals surface area contributed by atoms with E-state index in [4.69, 9.17) is 14.0 Å². The van der Waals surface area contributed by atoms with Gasteiger partial charge in [0.05, 0.1) is 25.9 Å². The van der Waals surface area contributed by atoms with Gasteiger partial charge in [-0.05, 0) is 0 Å². The van der Waals surface area contributed by atoms with Crippen LogP contribution in [-0.4, -0.2) is 88.7 Å². The molecule has 0 radical (unpaired) electrons. The maximum atomic E-state index is 11.0. The minimum Gasteiger partial charge on any atom is -0.779 e. The molecule has 9 unspecified atom stereocenters. The van der Waals surface area contributed by atoms with Crippen LogP contribution in [0.1, 0.15) is 6.42 Å². The zero-order chi connectivity index (χ0) is 25.7. The second-order valence-corrected chi connectivity index (χ2v) is 14.6. The van der Waals surface area contributed by atoms with E-state index in [2.05, 4.69) is 13.6 Å². The Bertz CT molecular complexity index is 796. The first-order chi connectivity index (χ1) is 14.8. The molecule has 0 bridgehead atoms. The SMILES string of the molecule is CP(=O)([O-])OCC1OCC(O)C1OP(C)(=O)[O-].CP(=O)([O-])OCC1OCCC1OP(C)(=O)[O-]. The van der Waals surface area contributed by atoms with E-state index in [0.717, 1.165) is 26.7 Å². The summed E-state index contributed by atoms with van der Waals surface area (Å²) in [6, 6.07) is 0. The Kier molecular flexibility index (Phi) is 12.1. The third kappa shape index (κ3) is 14.6. The Morgan fingerprint density at radius 3 is 1.73 bits per heavy atom. The summed E-state index contributed by atoms with van der Waals surface area (Å²) in [5.41, 5.74) is 0. The summed E-state index contributed by atoms with van der Waals surface area (Å²) in [7, 11) is -15.7. The third-order valence-corrected chi connectivity index (χ3v) is 6.48. The number of hydrogen-bond donors (Lipinski definition) is 1. The highest BCUT2D eigenvalue weighted by Gasteiger charge is 2.39. The van der Waals surface area contributed by atoms with E-state index in [1.807, 2.05) is 0 Å². The third-order valence-electron chi connectivity index (χ3n) is 3.96. The molecule has 0 aromatic heterocycles. The Hall–Kier alpha value is 0.480. The van der Waals surface area contributed by atoms with Crippen LogP contribution in [0.5, 0.6) is 0 Å². The summed E-state index contributed by atoms with van der Waals surface area (Å²) in [4.78, 5) is 43.5. The summed E-state index contributed by atoms with van der Waals surface area (Å²) < 4.78 is 72.1. The van der Waals surface area contributed by atoms with Crippen LogP contribution >= 0.6 is 30.4 Å². The molecule has 33 heavy (non-hydrogen) atoms. The molecule has 2 saturated heterocycles. The fourth-order valence-corrected chi connectivity index (χ4v) is 5.02. The predicted molar refractivity (Wildman–Crippen MR) is 106 cm³/mol.